The van der Waals surface area contributed by atoms with Crippen LogP contribution in [0.2, 0.25) is 0 Å². The molecule has 0 aliphatic carbocycles. The molecule has 0 unspecified atom stereocenters. The third kappa shape index (κ3) is 3.32. The highest BCUT2D eigenvalue weighted by Gasteiger charge is 2.45. The van der Waals surface area contributed by atoms with Gasteiger partial charge in [0.05, 0.1) is 24.1 Å². The Morgan fingerprint density at radius 3 is 2.38 bits per heavy atom. The highest BCUT2D eigenvalue weighted by molar-refractivity contribution is 5.73. The van der Waals surface area contributed by atoms with Gasteiger partial charge in [-0.1, -0.05) is 0 Å². The van der Waals surface area contributed by atoms with Gasteiger partial charge in [-0.15, -0.1) is 0 Å². The van der Waals surface area contributed by atoms with Crippen LogP contribution in [0.1, 0.15) is 36.5 Å². The van der Waals surface area contributed by atoms with E-state index in [0.717, 1.165) is 25.0 Å². The van der Waals surface area contributed by atoms with Gasteiger partial charge in [0.25, 0.3) is 0 Å². The summed E-state index contributed by atoms with van der Waals surface area (Å²) in [5.41, 5.74) is -0.113. The molecule has 2 aromatic heterocycles. The molecule has 0 saturated carbocycles. The lowest BCUT2D eigenvalue weighted by Crippen LogP contribution is -2.50. The van der Waals surface area contributed by atoms with Crippen molar-refractivity contribution in [3.05, 3.63) is 50.3 Å². The molecule has 0 atom stereocenters. The summed E-state index contributed by atoms with van der Waals surface area (Å²) in [4.78, 5) is 49.3. The number of hydrogen-bond donors (Lipinski definition) is 0. The normalized spacial score (nSPS) is 17.4. The molecule has 2 aliphatic rings. The van der Waals surface area contributed by atoms with E-state index in [4.69, 9.17) is 0 Å². The fourth-order valence-electron chi connectivity index (χ4n) is 4.22. The Kier molecular flexibility index (Phi) is 4.71. The number of piperidine rings is 1. The smallest absolute Gasteiger partial charge is 0.331 e. The number of rotatable bonds is 2. The minimum absolute atomic E-state index is 0.00823. The van der Waals surface area contributed by atoms with E-state index in [1.165, 1.54) is 9.25 Å². The van der Waals surface area contributed by atoms with E-state index < -0.39 is 11.1 Å². The van der Waals surface area contributed by atoms with Crippen LogP contribution < -0.4 is 11.1 Å². The molecule has 154 valence electrons. The molecule has 0 N–H and O–H groups in total. The van der Waals surface area contributed by atoms with Gasteiger partial charge >= 0.3 is 17.1 Å². The van der Waals surface area contributed by atoms with Crippen molar-refractivity contribution < 1.29 is 4.79 Å². The van der Waals surface area contributed by atoms with E-state index in [2.05, 4.69) is 15.1 Å². The lowest BCUT2D eigenvalue weighted by molar-refractivity contribution is 0.135. The number of amides is 2. The van der Waals surface area contributed by atoms with Gasteiger partial charge in [-0.25, -0.2) is 9.48 Å². The third-order valence-corrected chi connectivity index (χ3v) is 5.94. The maximum Gasteiger partial charge on any atom is 0.332 e. The van der Waals surface area contributed by atoms with Gasteiger partial charge in [0.2, 0.25) is 0 Å². The molecule has 4 rings (SSSR count). The number of nitrogens with zero attached hydrogens (tertiary/aromatic N) is 7. The molecule has 0 aromatic carbocycles. The minimum atomic E-state index is -0.645. The summed E-state index contributed by atoms with van der Waals surface area (Å²) in [6, 6.07) is -0.00823. The minimum Gasteiger partial charge on any atom is -0.331 e. The molecule has 1 spiro atoms. The molecule has 2 aliphatic heterocycles. The molecule has 10 heteroatoms. The molecule has 10 nitrogen and oxygen atoms in total. The van der Waals surface area contributed by atoms with Crippen LogP contribution in [0.5, 0.6) is 0 Å². The second kappa shape index (κ2) is 7.09. The zero-order valence-corrected chi connectivity index (χ0v) is 17.0. The van der Waals surface area contributed by atoms with Gasteiger partial charge in [-0.05, 0) is 26.2 Å². The predicted octanol–water partition coefficient (Wildman–Crippen LogP) is -0.0294. The SMILES string of the molecule is Cc1cnc(Cn2nc3n(c(=O)c2=O)CCC32CCN(C(=O)N(C)C)CC2)cn1. The van der Waals surface area contributed by atoms with Gasteiger partial charge in [-0.3, -0.25) is 24.1 Å². The van der Waals surface area contributed by atoms with Crippen LogP contribution in [0, 0.1) is 6.92 Å². The molecule has 2 aromatic rings. The monoisotopic (exact) mass is 399 g/mol. The Morgan fingerprint density at radius 1 is 1.07 bits per heavy atom. The molecule has 0 radical (unpaired) electrons. The van der Waals surface area contributed by atoms with Crippen LogP contribution in [0.15, 0.2) is 22.0 Å². The number of urea groups is 1. The Labute approximate surface area is 167 Å². The quantitative estimate of drug-likeness (QED) is 0.657. The van der Waals surface area contributed by atoms with Crippen molar-refractivity contribution in [1.82, 2.24) is 34.1 Å². The summed E-state index contributed by atoms with van der Waals surface area (Å²) >= 11 is 0. The predicted molar refractivity (Wildman–Crippen MR) is 105 cm³/mol. The number of fused-ring (bicyclic) bond motifs is 2. The van der Waals surface area contributed by atoms with Crippen LogP contribution in [0.4, 0.5) is 4.79 Å². The van der Waals surface area contributed by atoms with Crippen molar-refractivity contribution in [2.24, 2.45) is 0 Å². The second-order valence-electron chi connectivity index (χ2n) is 8.09. The molecular formula is C19H25N7O3. The summed E-state index contributed by atoms with van der Waals surface area (Å²) in [7, 11) is 3.48. The molecule has 4 heterocycles. The Morgan fingerprint density at radius 2 is 1.76 bits per heavy atom. The van der Waals surface area contributed by atoms with Gasteiger partial charge in [0, 0.05) is 45.3 Å². The molecule has 2 amide bonds. The molecule has 1 fully saturated rings. The first-order valence-corrected chi connectivity index (χ1v) is 9.77. The third-order valence-electron chi connectivity index (χ3n) is 5.94. The average Bonchev–Trinajstić information content (AvgIpc) is 3.05. The molecular weight excluding hydrogens is 374 g/mol. The lowest BCUT2D eigenvalue weighted by atomic mass is 9.77. The fraction of sp³-hybridized carbons (Fsp3) is 0.579. The van der Waals surface area contributed by atoms with Gasteiger partial charge in [-0.2, -0.15) is 5.10 Å². The van der Waals surface area contributed by atoms with Crippen LogP contribution >= 0.6 is 0 Å². The van der Waals surface area contributed by atoms with E-state index in [-0.39, 0.29) is 18.0 Å². The van der Waals surface area contributed by atoms with Crippen molar-refractivity contribution in [1.29, 1.82) is 0 Å². The largest absolute Gasteiger partial charge is 0.332 e. The van der Waals surface area contributed by atoms with Crippen molar-refractivity contribution >= 4 is 6.03 Å². The van der Waals surface area contributed by atoms with Gasteiger partial charge < -0.3 is 9.80 Å². The number of likely N-dealkylation sites (tertiary alicyclic amines) is 1. The first-order valence-electron chi connectivity index (χ1n) is 9.77. The number of aryl methyl sites for hydroxylation is 1. The van der Waals surface area contributed by atoms with Crippen molar-refractivity contribution in [3.8, 4) is 0 Å². The highest BCUT2D eigenvalue weighted by atomic mass is 16.2. The molecule has 0 bridgehead atoms. The van der Waals surface area contributed by atoms with Crippen LogP contribution in [0.3, 0.4) is 0 Å². The van der Waals surface area contributed by atoms with Crippen LogP contribution in [-0.4, -0.2) is 67.3 Å². The summed E-state index contributed by atoms with van der Waals surface area (Å²) < 4.78 is 2.72. The topological polar surface area (TPSA) is 106 Å². The summed E-state index contributed by atoms with van der Waals surface area (Å²) in [6.45, 7) is 3.64. The second-order valence-corrected chi connectivity index (χ2v) is 8.09. The van der Waals surface area contributed by atoms with Crippen molar-refractivity contribution in [3.63, 3.8) is 0 Å². The molecule has 1 saturated heterocycles. The van der Waals surface area contributed by atoms with E-state index in [1.54, 1.807) is 31.4 Å². The van der Waals surface area contributed by atoms with Gasteiger partial charge in [0.15, 0.2) is 0 Å². The van der Waals surface area contributed by atoms with Crippen LogP contribution in [0.25, 0.3) is 0 Å². The summed E-state index contributed by atoms with van der Waals surface area (Å²) in [5, 5.41) is 4.60. The van der Waals surface area contributed by atoms with E-state index in [9.17, 15) is 14.4 Å². The van der Waals surface area contributed by atoms with Crippen molar-refractivity contribution in [2.75, 3.05) is 27.2 Å². The lowest BCUT2D eigenvalue weighted by Gasteiger charge is -2.39. The average molecular weight is 399 g/mol. The van der Waals surface area contributed by atoms with E-state index in [1.807, 2.05) is 11.8 Å². The Hall–Kier alpha value is -3.04. The maximum atomic E-state index is 12.7. The molecule has 29 heavy (non-hydrogen) atoms. The number of carbonyl (C=O) groups excluding carboxylic acids is 1. The number of aromatic nitrogens is 5. The zero-order valence-electron chi connectivity index (χ0n) is 17.0. The van der Waals surface area contributed by atoms with Crippen molar-refractivity contribution in [2.45, 2.75) is 44.7 Å². The highest BCUT2D eigenvalue weighted by Crippen LogP contribution is 2.41. The zero-order chi connectivity index (χ0) is 20.8. The fourth-order valence-corrected chi connectivity index (χ4v) is 4.22. The maximum absolute atomic E-state index is 12.7. The van der Waals surface area contributed by atoms with E-state index >= 15 is 0 Å². The first kappa shape index (κ1) is 19.3. The number of carbonyl (C=O) groups is 1. The van der Waals surface area contributed by atoms with Crippen LogP contribution in [-0.2, 0) is 18.5 Å². The summed E-state index contributed by atoms with van der Waals surface area (Å²) in [5.74, 6) is 0.652. The Balaban J connectivity index is 1.65. The Bertz CT molecular complexity index is 1050. The van der Waals surface area contributed by atoms with Gasteiger partial charge in [0.1, 0.15) is 5.82 Å². The number of hydrogen-bond acceptors (Lipinski definition) is 6. The standard InChI is InChI=1S/C19H25N7O3/c1-13-10-21-14(11-20-13)12-26-16(28)15(27)25-9-6-19(17(25)22-26)4-7-24(8-5-19)18(29)23(2)3/h10-11H,4-9,12H2,1-3H3. The first-order chi connectivity index (χ1) is 13.8. The summed E-state index contributed by atoms with van der Waals surface area (Å²) in [6.07, 6.45) is 5.42. The van der Waals surface area contributed by atoms with E-state index in [0.29, 0.717) is 31.2 Å².